The third-order valence-corrected chi connectivity index (χ3v) is 4.71. The zero-order chi connectivity index (χ0) is 20.7. The first-order chi connectivity index (χ1) is 13.9. The number of aromatic nitrogens is 4. The number of aliphatic hydroxyl groups is 3. The summed E-state index contributed by atoms with van der Waals surface area (Å²) >= 11 is 0. The van der Waals surface area contributed by atoms with Crippen molar-refractivity contribution in [3.8, 4) is 0 Å². The van der Waals surface area contributed by atoms with Gasteiger partial charge in [0.15, 0.2) is 23.1 Å². The van der Waals surface area contributed by atoms with Crippen LogP contribution in [0.4, 0.5) is 5.82 Å². The van der Waals surface area contributed by atoms with Gasteiger partial charge in [-0.05, 0) is 11.1 Å². The van der Waals surface area contributed by atoms with Gasteiger partial charge in [-0.3, -0.25) is 9.59 Å². The highest BCUT2D eigenvalue weighted by Gasteiger charge is 2.42. The first kappa shape index (κ1) is 19.1. The summed E-state index contributed by atoms with van der Waals surface area (Å²) in [6.07, 6.45) is -2.18. The van der Waals surface area contributed by atoms with E-state index in [9.17, 15) is 24.9 Å². The molecule has 4 atom stereocenters. The maximum absolute atomic E-state index is 12.5. The fraction of sp³-hybridized carbons (Fsp3) is 0.353. The van der Waals surface area contributed by atoms with Crippen LogP contribution >= 0.6 is 0 Å². The Bertz CT molecular complexity index is 1150. The van der Waals surface area contributed by atoms with Gasteiger partial charge < -0.3 is 35.5 Å². The zero-order valence-electron chi connectivity index (χ0n) is 14.9. The van der Waals surface area contributed by atoms with Gasteiger partial charge in [-0.2, -0.15) is 9.38 Å². The summed E-state index contributed by atoms with van der Waals surface area (Å²) in [6, 6.07) is 3.04. The number of nitrogens with zero attached hydrogens (tertiary/aromatic N) is 3. The Balaban J connectivity index is 1.80. The number of fused-ring (bicyclic) bond motifs is 3. The van der Waals surface area contributed by atoms with Crippen molar-refractivity contribution in [2.24, 2.45) is 0 Å². The van der Waals surface area contributed by atoms with E-state index in [4.69, 9.17) is 9.84 Å². The Hall–Kier alpha value is -3.19. The van der Waals surface area contributed by atoms with Crippen molar-refractivity contribution in [2.45, 2.75) is 31.0 Å². The molecule has 0 bridgehead atoms. The summed E-state index contributed by atoms with van der Waals surface area (Å²) in [5.74, 6) is -0.888. The molecule has 152 valence electrons. The number of aliphatic hydroxyl groups excluding tert-OH is 3. The van der Waals surface area contributed by atoms with Crippen LogP contribution in [-0.2, 0) is 16.0 Å². The number of aromatic amines is 1. The van der Waals surface area contributed by atoms with E-state index in [1.807, 2.05) is 0 Å². The molecule has 0 amide bonds. The van der Waals surface area contributed by atoms with E-state index < -0.39 is 42.7 Å². The number of hydrogen-bond acceptors (Lipinski definition) is 9. The van der Waals surface area contributed by atoms with Crippen LogP contribution in [0.25, 0.3) is 16.7 Å². The van der Waals surface area contributed by atoms with Crippen molar-refractivity contribution < 1.29 is 34.4 Å². The topological polar surface area (TPSA) is 182 Å². The lowest BCUT2D eigenvalue weighted by Crippen LogP contribution is -2.37. The second-order valence-electron chi connectivity index (χ2n) is 6.64. The maximum atomic E-state index is 12.5. The quantitative estimate of drug-likeness (QED) is 0.197. The maximum Gasteiger partial charge on any atom is 0.357 e. The van der Waals surface area contributed by atoms with Gasteiger partial charge in [0.05, 0.1) is 13.0 Å². The van der Waals surface area contributed by atoms with E-state index in [0.717, 1.165) is 0 Å². The number of hydrogen-bond donors (Lipinski definition) is 6. The van der Waals surface area contributed by atoms with E-state index in [0.29, 0.717) is 5.56 Å². The van der Waals surface area contributed by atoms with Gasteiger partial charge >= 0.3 is 11.6 Å². The van der Waals surface area contributed by atoms with Gasteiger partial charge in [-0.25, -0.2) is 0 Å². The van der Waals surface area contributed by atoms with Crippen LogP contribution in [0.3, 0.4) is 0 Å². The molecule has 0 aromatic carbocycles. The molecule has 0 saturated carbocycles. The molecule has 1 unspecified atom stereocenters. The number of carboxylic acid groups (broad SMARTS) is 1. The van der Waals surface area contributed by atoms with Crippen molar-refractivity contribution in [3.63, 3.8) is 0 Å². The van der Waals surface area contributed by atoms with Crippen molar-refractivity contribution in [2.75, 3.05) is 11.9 Å². The SMILES string of the molecule is O=C(O)Cc1ccc2c(=O)[nH]c3c(NC4O[C@H](CO)[C@@H](O)[C@H]4O)ncnc3[n+]2c1. The molecule has 0 radical (unpaired) electrons. The summed E-state index contributed by atoms with van der Waals surface area (Å²) < 4.78 is 6.84. The molecule has 12 heteroatoms. The molecule has 1 saturated heterocycles. The van der Waals surface area contributed by atoms with Crippen molar-refractivity contribution in [1.29, 1.82) is 0 Å². The number of aliphatic carboxylic acids is 1. The summed E-state index contributed by atoms with van der Waals surface area (Å²) in [5.41, 5.74) is 0.748. The number of carbonyl (C=O) groups is 1. The molecule has 0 aliphatic carbocycles. The Kier molecular flexibility index (Phi) is 4.84. The standard InChI is InChI=1S/C17H17N5O7/c23-5-9-12(26)13(27)17(29-9)21-14-11-15(19-6-18-14)22-4-7(3-10(24)25)1-2-8(22)16(28)20-11/h1-2,4,6,9,12-13,17,23,26-27H,3,5H2,(H2,24,25,28)/p+1/t9-,12-,13-,17?/m1/s1. The summed E-state index contributed by atoms with van der Waals surface area (Å²) in [4.78, 5) is 34.4. The van der Waals surface area contributed by atoms with Crippen LogP contribution < -0.4 is 15.3 Å². The largest absolute Gasteiger partial charge is 0.481 e. The van der Waals surface area contributed by atoms with E-state index in [2.05, 4.69) is 20.3 Å². The molecule has 12 nitrogen and oxygen atoms in total. The van der Waals surface area contributed by atoms with Crippen LogP contribution in [0.2, 0.25) is 0 Å². The predicted octanol–water partition coefficient (Wildman–Crippen LogP) is -2.47. The molecule has 1 aliphatic heterocycles. The molecule has 6 N–H and O–H groups in total. The number of anilines is 1. The average molecular weight is 404 g/mol. The number of H-pyrrole nitrogens is 1. The van der Waals surface area contributed by atoms with E-state index >= 15 is 0 Å². The number of ether oxygens (including phenoxy) is 1. The molecular formula is C17H18N5O7+. The third kappa shape index (κ3) is 3.38. The van der Waals surface area contributed by atoms with Crippen LogP contribution in [0.5, 0.6) is 0 Å². The van der Waals surface area contributed by atoms with Gasteiger partial charge in [-0.15, -0.1) is 0 Å². The normalized spacial score (nSPS) is 24.2. The first-order valence-electron chi connectivity index (χ1n) is 8.71. The lowest BCUT2D eigenvalue weighted by atomic mass is 10.1. The molecule has 1 aliphatic rings. The molecule has 3 aromatic heterocycles. The highest BCUT2D eigenvalue weighted by molar-refractivity contribution is 5.80. The second kappa shape index (κ2) is 7.33. The highest BCUT2D eigenvalue weighted by Crippen LogP contribution is 2.24. The average Bonchev–Trinajstić information content (AvgIpc) is 2.96. The highest BCUT2D eigenvalue weighted by atomic mass is 16.6. The molecule has 1 fully saturated rings. The molecule has 4 rings (SSSR count). The van der Waals surface area contributed by atoms with Crippen LogP contribution in [-0.4, -0.2) is 72.5 Å². The Morgan fingerprint density at radius 2 is 2.07 bits per heavy atom. The smallest absolute Gasteiger partial charge is 0.357 e. The number of carboxylic acids is 1. The van der Waals surface area contributed by atoms with Crippen molar-refractivity contribution in [1.82, 2.24) is 15.0 Å². The second-order valence-corrected chi connectivity index (χ2v) is 6.64. The van der Waals surface area contributed by atoms with E-state index in [1.165, 1.54) is 23.0 Å². The number of nitrogens with one attached hydrogen (secondary N) is 2. The lowest BCUT2D eigenvalue weighted by molar-refractivity contribution is -0.485. The molecular weight excluding hydrogens is 386 g/mol. The van der Waals surface area contributed by atoms with E-state index in [1.54, 1.807) is 6.07 Å². The summed E-state index contributed by atoms with van der Waals surface area (Å²) in [6.45, 7) is -0.482. The molecule has 4 heterocycles. The minimum absolute atomic E-state index is 0.125. The predicted molar refractivity (Wildman–Crippen MR) is 96.0 cm³/mol. The molecule has 29 heavy (non-hydrogen) atoms. The van der Waals surface area contributed by atoms with Crippen molar-refractivity contribution >= 4 is 28.5 Å². The Morgan fingerprint density at radius 3 is 2.76 bits per heavy atom. The van der Waals surface area contributed by atoms with Gasteiger partial charge in [0.1, 0.15) is 24.5 Å². The van der Waals surface area contributed by atoms with E-state index in [-0.39, 0.29) is 28.9 Å². The van der Waals surface area contributed by atoms with Gasteiger partial charge in [-0.1, -0.05) is 6.07 Å². The number of rotatable bonds is 5. The van der Waals surface area contributed by atoms with Crippen LogP contribution in [0.15, 0.2) is 29.5 Å². The van der Waals surface area contributed by atoms with Gasteiger partial charge in [0, 0.05) is 5.56 Å². The number of pyridine rings is 1. The van der Waals surface area contributed by atoms with Crippen LogP contribution in [0, 0.1) is 0 Å². The zero-order valence-corrected chi connectivity index (χ0v) is 14.9. The Labute approximate surface area is 162 Å². The van der Waals surface area contributed by atoms with Crippen molar-refractivity contribution in [3.05, 3.63) is 40.6 Å². The molecule has 3 aromatic rings. The van der Waals surface area contributed by atoms with Crippen LogP contribution in [0.1, 0.15) is 5.56 Å². The van der Waals surface area contributed by atoms with Gasteiger partial charge in [0.2, 0.25) is 6.33 Å². The fourth-order valence-electron chi connectivity index (χ4n) is 3.30. The summed E-state index contributed by atoms with van der Waals surface area (Å²) in [5, 5.41) is 41.0. The van der Waals surface area contributed by atoms with Gasteiger partial charge in [0.25, 0.3) is 5.56 Å². The Morgan fingerprint density at radius 1 is 1.28 bits per heavy atom. The third-order valence-electron chi connectivity index (χ3n) is 4.71. The fourth-order valence-corrected chi connectivity index (χ4v) is 3.30. The monoisotopic (exact) mass is 404 g/mol. The minimum atomic E-state index is -1.33. The summed E-state index contributed by atoms with van der Waals surface area (Å²) in [7, 11) is 0. The molecule has 0 spiro atoms. The lowest BCUT2D eigenvalue weighted by Gasteiger charge is -2.16. The minimum Gasteiger partial charge on any atom is -0.481 e. The first-order valence-corrected chi connectivity index (χ1v) is 8.71.